The first-order valence-electron chi connectivity index (χ1n) is 9.81. The number of carbonyl (C=O) groups is 1. The van der Waals surface area contributed by atoms with E-state index >= 15 is 0 Å². The monoisotopic (exact) mass is 403 g/mol. The van der Waals surface area contributed by atoms with Crippen molar-refractivity contribution in [1.82, 2.24) is 14.7 Å². The fraction of sp³-hybridized carbons (Fsp3) is 0.261. The highest BCUT2D eigenvalue weighted by molar-refractivity contribution is 7.26. The first kappa shape index (κ1) is 18.1. The van der Waals surface area contributed by atoms with E-state index in [1.165, 1.54) is 15.8 Å². The second-order valence-electron chi connectivity index (χ2n) is 7.59. The van der Waals surface area contributed by atoms with Crippen molar-refractivity contribution in [1.29, 1.82) is 0 Å². The molecule has 4 aromatic rings. The molecule has 0 N–H and O–H groups in total. The molecule has 5 rings (SSSR count). The molecule has 0 saturated carbocycles. The van der Waals surface area contributed by atoms with Gasteiger partial charge < -0.3 is 4.90 Å². The fourth-order valence-corrected chi connectivity index (χ4v) is 5.33. The first-order chi connectivity index (χ1) is 14.0. The molecule has 29 heavy (non-hydrogen) atoms. The van der Waals surface area contributed by atoms with Crippen LogP contribution in [-0.2, 0) is 17.8 Å². The van der Waals surface area contributed by atoms with Gasteiger partial charge in [-0.1, -0.05) is 42.5 Å². The number of aryl methyl sites for hydroxylation is 1. The summed E-state index contributed by atoms with van der Waals surface area (Å²) in [5.41, 5.74) is 3.06. The smallest absolute Gasteiger partial charge is 0.276 e. The van der Waals surface area contributed by atoms with Crippen LogP contribution in [0.15, 0.2) is 53.3 Å². The van der Waals surface area contributed by atoms with Gasteiger partial charge in [0.15, 0.2) is 0 Å². The maximum atomic E-state index is 13.3. The number of rotatable bonds is 2. The van der Waals surface area contributed by atoms with E-state index in [9.17, 15) is 9.59 Å². The molecule has 0 spiro atoms. The van der Waals surface area contributed by atoms with Crippen LogP contribution in [0.25, 0.3) is 20.2 Å². The number of aromatic nitrogens is 2. The molecule has 1 aliphatic heterocycles. The Balaban J connectivity index is 1.55. The van der Waals surface area contributed by atoms with E-state index in [2.05, 4.69) is 17.2 Å². The van der Waals surface area contributed by atoms with Gasteiger partial charge in [0.1, 0.15) is 6.04 Å². The van der Waals surface area contributed by atoms with Gasteiger partial charge in [-0.3, -0.25) is 9.59 Å². The Kier molecular flexibility index (Phi) is 4.24. The number of fused-ring (bicyclic) bond motifs is 4. The average Bonchev–Trinajstić information content (AvgIpc) is 3.15. The Morgan fingerprint density at radius 1 is 1.10 bits per heavy atom. The third kappa shape index (κ3) is 2.86. The van der Waals surface area contributed by atoms with E-state index in [1.807, 2.05) is 48.2 Å². The van der Waals surface area contributed by atoms with Crippen LogP contribution in [0.5, 0.6) is 0 Å². The molecule has 1 unspecified atom stereocenters. The molecule has 0 aliphatic carbocycles. The van der Waals surface area contributed by atoms with Crippen LogP contribution in [0.4, 0.5) is 0 Å². The largest absolute Gasteiger partial charge is 0.336 e. The molecule has 0 saturated heterocycles. The minimum atomic E-state index is -0.644. The Labute approximate surface area is 172 Å². The van der Waals surface area contributed by atoms with Gasteiger partial charge in [-0.05, 0) is 37.5 Å². The van der Waals surface area contributed by atoms with E-state index in [-0.39, 0.29) is 11.5 Å². The average molecular weight is 404 g/mol. The summed E-state index contributed by atoms with van der Waals surface area (Å²) in [5, 5.41) is 6.13. The predicted octanol–water partition coefficient (Wildman–Crippen LogP) is 4.07. The van der Waals surface area contributed by atoms with Gasteiger partial charge >= 0.3 is 0 Å². The van der Waals surface area contributed by atoms with Crippen molar-refractivity contribution in [3.63, 3.8) is 0 Å². The summed E-state index contributed by atoms with van der Waals surface area (Å²) in [6.45, 7) is 4.92. The zero-order valence-corrected chi connectivity index (χ0v) is 17.2. The molecule has 1 aliphatic rings. The van der Waals surface area contributed by atoms with Gasteiger partial charge in [0.05, 0.1) is 15.8 Å². The summed E-state index contributed by atoms with van der Waals surface area (Å²) < 4.78 is 3.34. The fourth-order valence-electron chi connectivity index (χ4n) is 4.19. The van der Waals surface area contributed by atoms with Gasteiger partial charge in [0, 0.05) is 23.2 Å². The SMILES string of the molecule is Cc1nn(C(C)C(=O)N2CCc3ccccc3C2)c(=O)c2c1sc1ccccc12. The summed E-state index contributed by atoms with van der Waals surface area (Å²) in [5.74, 6) is -0.0626. The molecular weight excluding hydrogens is 382 g/mol. The summed E-state index contributed by atoms with van der Waals surface area (Å²) in [6, 6.07) is 15.5. The second-order valence-corrected chi connectivity index (χ2v) is 8.64. The summed E-state index contributed by atoms with van der Waals surface area (Å²) in [7, 11) is 0. The lowest BCUT2D eigenvalue weighted by atomic mass is 9.99. The van der Waals surface area contributed by atoms with E-state index in [4.69, 9.17) is 0 Å². The van der Waals surface area contributed by atoms with E-state index < -0.39 is 6.04 Å². The number of benzene rings is 2. The van der Waals surface area contributed by atoms with Crippen LogP contribution in [-0.4, -0.2) is 27.1 Å². The van der Waals surface area contributed by atoms with Crippen LogP contribution in [0.2, 0.25) is 0 Å². The van der Waals surface area contributed by atoms with Crippen molar-refractivity contribution in [2.75, 3.05) is 6.54 Å². The Morgan fingerprint density at radius 2 is 1.83 bits per heavy atom. The standard InChI is InChI=1S/C23H21N3O2S/c1-14-21-20(18-9-5-6-10-19(18)29-21)23(28)26(24-14)15(2)22(27)25-12-11-16-7-3-4-8-17(16)13-25/h3-10,15H,11-13H2,1-2H3. The number of amides is 1. The van der Waals surface area contributed by atoms with Crippen LogP contribution in [0, 0.1) is 6.92 Å². The number of nitrogens with zero attached hydrogens (tertiary/aromatic N) is 3. The molecule has 6 heteroatoms. The normalized spacial score (nSPS) is 14.9. The Hall–Kier alpha value is -2.99. The van der Waals surface area contributed by atoms with Crippen molar-refractivity contribution in [2.24, 2.45) is 0 Å². The van der Waals surface area contributed by atoms with Crippen LogP contribution >= 0.6 is 11.3 Å². The van der Waals surface area contributed by atoms with Gasteiger partial charge in [0.2, 0.25) is 5.91 Å². The van der Waals surface area contributed by atoms with Gasteiger partial charge in [-0.25, -0.2) is 4.68 Å². The number of hydrogen-bond donors (Lipinski definition) is 0. The highest BCUT2D eigenvalue weighted by Gasteiger charge is 2.28. The Bertz CT molecular complexity index is 1320. The summed E-state index contributed by atoms with van der Waals surface area (Å²) >= 11 is 1.58. The third-order valence-electron chi connectivity index (χ3n) is 5.77. The first-order valence-corrected chi connectivity index (χ1v) is 10.6. The van der Waals surface area contributed by atoms with E-state index in [0.29, 0.717) is 18.5 Å². The summed E-state index contributed by atoms with van der Waals surface area (Å²) in [6.07, 6.45) is 0.837. The second kappa shape index (κ2) is 6.81. The minimum absolute atomic E-state index is 0.0626. The number of hydrogen-bond acceptors (Lipinski definition) is 4. The molecule has 3 heterocycles. The van der Waals surface area contributed by atoms with Gasteiger partial charge in [-0.2, -0.15) is 5.10 Å². The van der Waals surface area contributed by atoms with Crippen molar-refractivity contribution in [3.05, 3.63) is 75.7 Å². The lowest BCUT2D eigenvalue weighted by molar-refractivity contribution is -0.135. The molecule has 2 aromatic carbocycles. The van der Waals surface area contributed by atoms with Crippen molar-refractivity contribution in [3.8, 4) is 0 Å². The summed E-state index contributed by atoms with van der Waals surface area (Å²) in [4.78, 5) is 28.4. The molecule has 0 bridgehead atoms. The van der Waals surface area contributed by atoms with E-state index in [0.717, 1.165) is 26.9 Å². The topological polar surface area (TPSA) is 55.2 Å². The number of carbonyl (C=O) groups excluding carboxylic acids is 1. The maximum Gasteiger partial charge on any atom is 0.276 e. The highest BCUT2D eigenvalue weighted by Crippen LogP contribution is 2.33. The molecule has 2 aromatic heterocycles. The van der Waals surface area contributed by atoms with Gasteiger partial charge in [0.25, 0.3) is 5.56 Å². The lowest BCUT2D eigenvalue weighted by Gasteiger charge is -2.31. The van der Waals surface area contributed by atoms with E-state index in [1.54, 1.807) is 18.3 Å². The van der Waals surface area contributed by atoms with Crippen molar-refractivity contribution in [2.45, 2.75) is 32.9 Å². The Morgan fingerprint density at radius 3 is 2.66 bits per heavy atom. The maximum absolute atomic E-state index is 13.3. The zero-order valence-electron chi connectivity index (χ0n) is 16.4. The molecule has 1 atom stereocenters. The predicted molar refractivity (Wildman–Crippen MR) is 116 cm³/mol. The molecule has 146 valence electrons. The van der Waals surface area contributed by atoms with Crippen LogP contribution < -0.4 is 5.56 Å². The molecular formula is C23H21N3O2S. The number of thiophene rings is 1. The van der Waals surface area contributed by atoms with Crippen LogP contribution in [0.1, 0.15) is 29.8 Å². The highest BCUT2D eigenvalue weighted by atomic mass is 32.1. The third-order valence-corrected chi connectivity index (χ3v) is 7.05. The molecule has 0 fully saturated rings. The quantitative estimate of drug-likeness (QED) is 0.507. The van der Waals surface area contributed by atoms with Crippen LogP contribution in [0.3, 0.4) is 0 Å². The molecule has 5 nitrogen and oxygen atoms in total. The van der Waals surface area contributed by atoms with Crippen molar-refractivity contribution >= 4 is 37.4 Å². The minimum Gasteiger partial charge on any atom is -0.336 e. The van der Waals surface area contributed by atoms with Gasteiger partial charge in [-0.15, -0.1) is 11.3 Å². The lowest BCUT2D eigenvalue weighted by Crippen LogP contribution is -2.42. The zero-order chi connectivity index (χ0) is 20.1. The van der Waals surface area contributed by atoms with Crippen molar-refractivity contribution < 1.29 is 4.79 Å². The molecule has 1 amide bonds. The molecule has 0 radical (unpaired) electrons.